The van der Waals surface area contributed by atoms with Crippen molar-refractivity contribution in [2.75, 3.05) is 38.5 Å². The number of nitrogen functional groups attached to an aromatic ring is 1. The Morgan fingerprint density at radius 1 is 1.09 bits per heavy atom. The zero-order chi connectivity index (χ0) is 30.8. The Kier molecular flexibility index (Phi) is 9.01. The quantitative estimate of drug-likeness (QED) is 0.479. The van der Waals surface area contributed by atoms with Gasteiger partial charge in [0.1, 0.15) is 11.7 Å². The predicted molar refractivity (Wildman–Crippen MR) is 160 cm³/mol. The molecular formula is C31H43F2N9O2. The minimum atomic E-state index is -1.24. The number of carbonyl (C=O) groups excluding carboxylic acids is 2. The molecule has 0 bridgehead atoms. The van der Waals surface area contributed by atoms with Gasteiger partial charge >= 0.3 is 0 Å². The lowest BCUT2D eigenvalue weighted by Crippen LogP contribution is -2.73. The fraction of sp³-hybridized carbons (Fsp3) is 0.710. The number of nitrogens with two attached hydrogens (primary N) is 1. The third kappa shape index (κ3) is 5.98. The molecule has 11 nitrogen and oxygen atoms in total. The molecule has 238 valence electrons. The van der Waals surface area contributed by atoms with Crippen molar-refractivity contribution in [2.24, 2.45) is 11.8 Å². The van der Waals surface area contributed by atoms with E-state index in [1.54, 1.807) is 4.90 Å². The Balaban J connectivity index is 1.22. The van der Waals surface area contributed by atoms with E-state index >= 15 is 4.39 Å². The van der Waals surface area contributed by atoms with Crippen LogP contribution in [0.25, 0.3) is 5.65 Å². The number of nitrogens with zero attached hydrogens (tertiary/aromatic N) is 6. The van der Waals surface area contributed by atoms with Crippen LogP contribution in [0.4, 0.5) is 14.6 Å². The molecule has 2 amide bonds. The number of hydrogen-bond acceptors (Lipinski definition) is 8. The number of carbonyl (C=O) groups is 2. The Bertz CT molecular complexity index is 1390. The van der Waals surface area contributed by atoms with Crippen molar-refractivity contribution in [2.45, 2.75) is 94.4 Å². The summed E-state index contributed by atoms with van der Waals surface area (Å²) in [5.41, 5.74) is 5.57. The minimum Gasteiger partial charge on any atom is -0.381 e. The van der Waals surface area contributed by atoms with E-state index in [1.807, 2.05) is 0 Å². The third-order valence-corrected chi connectivity index (χ3v) is 10.3. The average molecular weight is 612 g/mol. The van der Waals surface area contributed by atoms with Gasteiger partial charge in [0.2, 0.25) is 5.91 Å². The first kappa shape index (κ1) is 30.6. The maximum Gasteiger partial charge on any atom is 0.259 e. The standard InChI is InChI=1S/C31H43F2N9O2/c32-22-15-36-28-24(27(35)39-42(28)19-22)29(43)38-23-16-37-31(10-6-4-2-1-3-5-7-11-31)26(33)25(23)40-12-8-21(9-13-40)30(44)41-17-20(14-34)18-41/h15,19-21,23,25-26,37H,1-13,16-18H2,(H2,35,39)(H,38,43). The highest BCUT2D eigenvalue weighted by atomic mass is 19.1. The summed E-state index contributed by atoms with van der Waals surface area (Å²) in [6.07, 6.45) is 11.2. The highest BCUT2D eigenvalue weighted by Gasteiger charge is 2.52. The second-order valence-corrected chi connectivity index (χ2v) is 13.2. The molecule has 1 spiro atoms. The van der Waals surface area contributed by atoms with Crippen molar-refractivity contribution < 1.29 is 18.4 Å². The lowest BCUT2D eigenvalue weighted by molar-refractivity contribution is -0.143. The number of likely N-dealkylation sites (tertiary alicyclic amines) is 2. The lowest BCUT2D eigenvalue weighted by atomic mass is 9.73. The highest BCUT2D eigenvalue weighted by Crippen LogP contribution is 2.38. The Morgan fingerprint density at radius 2 is 1.75 bits per heavy atom. The molecular weight excluding hydrogens is 568 g/mol. The van der Waals surface area contributed by atoms with Gasteiger partial charge in [0.25, 0.3) is 5.91 Å². The van der Waals surface area contributed by atoms with Crippen molar-refractivity contribution in [1.29, 1.82) is 5.26 Å². The first-order valence-electron chi connectivity index (χ1n) is 16.2. The second kappa shape index (κ2) is 12.9. The number of amides is 2. The van der Waals surface area contributed by atoms with Crippen molar-refractivity contribution in [3.8, 4) is 6.07 Å². The molecule has 1 saturated carbocycles. The maximum absolute atomic E-state index is 17.2. The van der Waals surface area contributed by atoms with Crippen LogP contribution in [0, 0.1) is 29.0 Å². The molecule has 4 N–H and O–H groups in total. The third-order valence-electron chi connectivity index (χ3n) is 10.3. The van der Waals surface area contributed by atoms with Crippen LogP contribution in [-0.2, 0) is 4.79 Å². The number of anilines is 1. The van der Waals surface area contributed by atoms with Crippen LogP contribution in [-0.4, -0.2) is 92.7 Å². The van der Waals surface area contributed by atoms with Crippen LogP contribution in [0.5, 0.6) is 0 Å². The van der Waals surface area contributed by atoms with E-state index < -0.39 is 35.5 Å². The lowest BCUT2D eigenvalue weighted by Gasteiger charge is -2.53. The molecule has 4 aliphatic rings. The van der Waals surface area contributed by atoms with E-state index in [9.17, 15) is 14.0 Å². The summed E-state index contributed by atoms with van der Waals surface area (Å²) in [5.74, 6) is -1.37. The first-order valence-corrected chi connectivity index (χ1v) is 16.2. The van der Waals surface area contributed by atoms with E-state index in [4.69, 9.17) is 11.0 Å². The molecule has 3 atom stereocenters. The summed E-state index contributed by atoms with van der Waals surface area (Å²) in [7, 11) is 0. The van der Waals surface area contributed by atoms with Crippen LogP contribution >= 0.6 is 0 Å². The molecule has 13 heteroatoms. The Morgan fingerprint density at radius 3 is 2.41 bits per heavy atom. The van der Waals surface area contributed by atoms with E-state index in [1.165, 1.54) is 19.3 Å². The van der Waals surface area contributed by atoms with Gasteiger partial charge in [-0.15, -0.1) is 5.10 Å². The number of nitriles is 1. The van der Waals surface area contributed by atoms with Crippen molar-refractivity contribution >= 4 is 23.3 Å². The summed E-state index contributed by atoms with van der Waals surface area (Å²) < 4.78 is 32.1. The molecule has 3 saturated heterocycles. The van der Waals surface area contributed by atoms with Gasteiger partial charge in [-0.1, -0.05) is 44.9 Å². The zero-order valence-electron chi connectivity index (χ0n) is 25.2. The van der Waals surface area contributed by atoms with Crippen molar-refractivity contribution in [1.82, 2.24) is 35.0 Å². The van der Waals surface area contributed by atoms with Gasteiger partial charge < -0.3 is 21.3 Å². The van der Waals surface area contributed by atoms with Crippen LogP contribution in [0.15, 0.2) is 12.4 Å². The summed E-state index contributed by atoms with van der Waals surface area (Å²) in [6.45, 7) is 2.45. The molecule has 2 aromatic rings. The number of alkyl halides is 1. The van der Waals surface area contributed by atoms with Gasteiger partial charge in [-0.25, -0.2) is 18.3 Å². The molecule has 3 aliphatic heterocycles. The van der Waals surface area contributed by atoms with Gasteiger partial charge in [-0.05, 0) is 38.8 Å². The number of halogens is 2. The van der Waals surface area contributed by atoms with Crippen LogP contribution < -0.4 is 16.4 Å². The van der Waals surface area contributed by atoms with E-state index in [-0.39, 0.29) is 34.8 Å². The monoisotopic (exact) mass is 611 g/mol. The highest BCUT2D eigenvalue weighted by molar-refractivity contribution is 6.04. The largest absolute Gasteiger partial charge is 0.381 e. The molecule has 2 aromatic heterocycles. The van der Waals surface area contributed by atoms with Crippen molar-refractivity contribution in [3.63, 3.8) is 0 Å². The molecule has 44 heavy (non-hydrogen) atoms. The number of hydrogen-bond donors (Lipinski definition) is 3. The SMILES string of the molecule is N#CC1CN(C(=O)C2CCN(C3C(NC(=O)c4c(N)nn5cc(F)cnc45)CNC4(CCCCCCCCC4)C3F)CC2)C1. The summed E-state index contributed by atoms with van der Waals surface area (Å²) in [6, 6.07) is 1.04. The Hall–Kier alpha value is -3.37. The van der Waals surface area contributed by atoms with E-state index in [0.29, 0.717) is 45.6 Å². The normalized spacial score (nSPS) is 27.5. The minimum absolute atomic E-state index is 0.0349. The van der Waals surface area contributed by atoms with E-state index in [2.05, 4.69) is 31.7 Å². The number of fused-ring (bicyclic) bond motifs is 1. The molecule has 4 fully saturated rings. The smallest absolute Gasteiger partial charge is 0.259 e. The molecule has 1 aliphatic carbocycles. The summed E-state index contributed by atoms with van der Waals surface area (Å²) >= 11 is 0. The van der Waals surface area contributed by atoms with Gasteiger partial charge in [0.05, 0.1) is 42.0 Å². The van der Waals surface area contributed by atoms with Crippen LogP contribution in [0.3, 0.4) is 0 Å². The Labute approximate surface area is 256 Å². The van der Waals surface area contributed by atoms with E-state index in [0.717, 1.165) is 55.4 Å². The summed E-state index contributed by atoms with van der Waals surface area (Å²) in [4.78, 5) is 34.7. The zero-order valence-corrected chi connectivity index (χ0v) is 25.2. The predicted octanol–water partition coefficient (Wildman–Crippen LogP) is 2.82. The molecule has 5 heterocycles. The molecule has 0 radical (unpaired) electrons. The average Bonchev–Trinajstić information content (AvgIpc) is 3.32. The number of aromatic nitrogens is 3. The maximum atomic E-state index is 17.2. The summed E-state index contributed by atoms with van der Waals surface area (Å²) in [5, 5.41) is 19.8. The number of nitrogens with one attached hydrogen (secondary N) is 2. The van der Waals surface area contributed by atoms with Gasteiger partial charge in [-0.3, -0.25) is 14.5 Å². The van der Waals surface area contributed by atoms with Crippen LogP contribution in [0.1, 0.15) is 81.0 Å². The molecule has 6 rings (SSSR count). The molecule has 0 aromatic carbocycles. The van der Waals surface area contributed by atoms with Crippen molar-refractivity contribution in [3.05, 3.63) is 23.8 Å². The van der Waals surface area contributed by atoms with Gasteiger partial charge in [0.15, 0.2) is 17.3 Å². The fourth-order valence-electron chi connectivity index (χ4n) is 7.81. The molecule has 3 unspecified atom stereocenters. The topological polar surface area (TPSA) is 145 Å². The number of rotatable bonds is 4. The van der Waals surface area contributed by atoms with Gasteiger partial charge in [-0.2, -0.15) is 5.26 Å². The van der Waals surface area contributed by atoms with Gasteiger partial charge in [0, 0.05) is 25.6 Å². The number of piperidine rings is 2. The second-order valence-electron chi connectivity index (χ2n) is 13.2. The first-order chi connectivity index (χ1) is 21.3. The van der Waals surface area contributed by atoms with Crippen LogP contribution in [0.2, 0.25) is 0 Å². The fourth-order valence-corrected chi connectivity index (χ4v) is 7.81.